The number of hydrogen-bond donors (Lipinski definition) is 0. The number of para-hydroxylation sites is 1. The maximum atomic E-state index is 12.7. The Morgan fingerprint density at radius 2 is 2.12 bits per heavy atom. The first kappa shape index (κ1) is 14.9. The SMILES string of the molecule is CCC1CN2CC[C@]34c5ccccc5N(C(C)=O)C3C(C)[C@@H]1C[C@@H]24. The Morgan fingerprint density at radius 3 is 2.88 bits per heavy atom. The van der Waals surface area contributed by atoms with E-state index in [1.807, 2.05) is 0 Å². The van der Waals surface area contributed by atoms with Crippen LogP contribution in [0.4, 0.5) is 5.69 Å². The van der Waals surface area contributed by atoms with Gasteiger partial charge in [0.15, 0.2) is 0 Å². The number of fused-ring (bicyclic) bond motifs is 2. The quantitative estimate of drug-likeness (QED) is 0.790. The largest absolute Gasteiger partial charge is 0.308 e. The average Bonchev–Trinajstić information content (AvgIpc) is 3.12. The van der Waals surface area contributed by atoms with Crippen LogP contribution in [-0.4, -0.2) is 36.0 Å². The Morgan fingerprint density at radius 1 is 1.33 bits per heavy atom. The van der Waals surface area contributed by atoms with Crippen LogP contribution in [-0.2, 0) is 10.2 Å². The van der Waals surface area contributed by atoms with E-state index in [9.17, 15) is 4.79 Å². The Kier molecular flexibility index (Phi) is 3.02. The lowest BCUT2D eigenvalue weighted by Crippen LogP contribution is -2.65. The number of benzene rings is 1. The van der Waals surface area contributed by atoms with E-state index >= 15 is 0 Å². The topological polar surface area (TPSA) is 23.6 Å². The van der Waals surface area contributed by atoms with Crippen LogP contribution in [0.2, 0.25) is 0 Å². The van der Waals surface area contributed by atoms with Gasteiger partial charge in [-0.1, -0.05) is 38.5 Å². The Bertz CT molecular complexity index is 701. The molecule has 3 nitrogen and oxygen atoms in total. The van der Waals surface area contributed by atoms with Crippen LogP contribution in [0.1, 0.15) is 45.6 Å². The van der Waals surface area contributed by atoms with Crippen molar-refractivity contribution in [1.29, 1.82) is 0 Å². The summed E-state index contributed by atoms with van der Waals surface area (Å²) in [5.74, 6) is 2.37. The van der Waals surface area contributed by atoms with Gasteiger partial charge in [-0.2, -0.15) is 0 Å². The zero-order valence-corrected chi connectivity index (χ0v) is 15.0. The van der Waals surface area contributed by atoms with Gasteiger partial charge in [0.2, 0.25) is 5.91 Å². The standard InChI is InChI=1S/C21H28N2O/c1-4-15-12-22-10-9-21-17-7-5-6-8-18(17)23(14(3)24)20(21)13(2)16(15)11-19(21)22/h5-8,13,15-16,19-20H,4,9-12H2,1-3H3/t13?,15?,16-,19+,20?,21+/m0/s1. The van der Waals surface area contributed by atoms with Crippen molar-refractivity contribution in [2.45, 2.75) is 57.5 Å². The highest BCUT2D eigenvalue weighted by molar-refractivity contribution is 5.96. The molecule has 1 aliphatic carbocycles. The number of carbonyl (C=O) groups excluding carboxylic acids is 1. The minimum atomic E-state index is 0.177. The van der Waals surface area contributed by atoms with Crippen LogP contribution in [0.5, 0.6) is 0 Å². The molecule has 2 saturated heterocycles. The Balaban J connectivity index is 1.73. The molecule has 1 saturated carbocycles. The summed E-state index contributed by atoms with van der Waals surface area (Å²) < 4.78 is 0. The van der Waals surface area contributed by atoms with Gasteiger partial charge in [0.05, 0.1) is 6.04 Å². The highest BCUT2D eigenvalue weighted by Gasteiger charge is 2.67. The maximum absolute atomic E-state index is 12.7. The first-order valence-corrected chi connectivity index (χ1v) is 9.73. The molecule has 4 aliphatic rings. The zero-order valence-electron chi connectivity index (χ0n) is 15.0. The van der Waals surface area contributed by atoms with Crippen molar-refractivity contribution in [3.8, 4) is 0 Å². The van der Waals surface area contributed by atoms with Crippen LogP contribution < -0.4 is 4.90 Å². The minimum absolute atomic E-state index is 0.177. The van der Waals surface area contributed by atoms with Crippen molar-refractivity contribution in [3.63, 3.8) is 0 Å². The molecule has 3 fully saturated rings. The molecule has 3 heteroatoms. The van der Waals surface area contributed by atoms with E-state index in [1.54, 1.807) is 6.92 Å². The van der Waals surface area contributed by atoms with Gasteiger partial charge in [-0.15, -0.1) is 0 Å². The molecule has 0 N–H and O–H groups in total. The third-order valence-corrected chi connectivity index (χ3v) is 7.93. The fourth-order valence-corrected chi connectivity index (χ4v) is 7.10. The number of rotatable bonds is 1. The van der Waals surface area contributed by atoms with E-state index in [4.69, 9.17) is 0 Å². The van der Waals surface area contributed by atoms with E-state index in [0.29, 0.717) is 18.0 Å². The summed E-state index contributed by atoms with van der Waals surface area (Å²) in [5.41, 5.74) is 2.83. The summed E-state index contributed by atoms with van der Waals surface area (Å²) in [6.07, 6.45) is 3.82. The Labute approximate surface area is 145 Å². The molecule has 3 aliphatic heterocycles. The molecule has 3 unspecified atom stereocenters. The molecule has 2 bridgehead atoms. The van der Waals surface area contributed by atoms with E-state index < -0.39 is 0 Å². The fourth-order valence-electron chi connectivity index (χ4n) is 7.10. The van der Waals surface area contributed by atoms with Gasteiger partial charge in [0.25, 0.3) is 0 Å². The van der Waals surface area contributed by atoms with E-state index in [2.05, 4.69) is 47.9 Å². The Hall–Kier alpha value is -1.35. The summed E-state index contributed by atoms with van der Waals surface area (Å²) in [5, 5.41) is 0. The van der Waals surface area contributed by atoms with Crippen LogP contribution in [0.15, 0.2) is 24.3 Å². The second kappa shape index (κ2) is 4.85. The van der Waals surface area contributed by atoms with Crippen molar-refractivity contribution in [1.82, 2.24) is 4.90 Å². The summed E-state index contributed by atoms with van der Waals surface area (Å²) in [6, 6.07) is 9.76. The lowest BCUT2D eigenvalue weighted by molar-refractivity contribution is -0.118. The van der Waals surface area contributed by atoms with Gasteiger partial charge in [0.1, 0.15) is 0 Å². The van der Waals surface area contributed by atoms with Gasteiger partial charge in [-0.05, 0) is 48.8 Å². The first-order valence-electron chi connectivity index (χ1n) is 9.73. The fraction of sp³-hybridized carbons (Fsp3) is 0.667. The van der Waals surface area contributed by atoms with Crippen LogP contribution >= 0.6 is 0 Å². The average molecular weight is 324 g/mol. The van der Waals surface area contributed by atoms with Gasteiger partial charge in [-0.25, -0.2) is 0 Å². The lowest BCUT2D eigenvalue weighted by Gasteiger charge is -2.57. The number of anilines is 1. The van der Waals surface area contributed by atoms with Gasteiger partial charge in [-0.3, -0.25) is 9.69 Å². The number of hydrogen-bond acceptors (Lipinski definition) is 2. The van der Waals surface area contributed by atoms with E-state index in [-0.39, 0.29) is 11.3 Å². The van der Waals surface area contributed by atoms with Crippen LogP contribution in [0, 0.1) is 17.8 Å². The van der Waals surface area contributed by atoms with Crippen molar-refractivity contribution < 1.29 is 4.79 Å². The highest BCUT2D eigenvalue weighted by atomic mass is 16.2. The molecular weight excluding hydrogens is 296 g/mol. The molecule has 1 aromatic rings. The molecule has 1 spiro atoms. The van der Waals surface area contributed by atoms with E-state index in [1.165, 1.54) is 43.6 Å². The zero-order chi connectivity index (χ0) is 16.6. The van der Waals surface area contributed by atoms with Crippen molar-refractivity contribution in [3.05, 3.63) is 29.8 Å². The number of nitrogens with zero attached hydrogens (tertiary/aromatic N) is 2. The maximum Gasteiger partial charge on any atom is 0.224 e. The predicted octanol–water partition coefficient (Wildman–Crippen LogP) is 3.43. The van der Waals surface area contributed by atoms with Crippen LogP contribution in [0.25, 0.3) is 0 Å². The second-order valence-corrected chi connectivity index (χ2v) is 8.58. The molecule has 6 atom stereocenters. The molecule has 128 valence electrons. The molecule has 0 aromatic heterocycles. The molecule has 1 amide bonds. The van der Waals surface area contributed by atoms with Gasteiger partial charge < -0.3 is 4.90 Å². The molecule has 3 heterocycles. The van der Waals surface area contributed by atoms with Crippen LogP contribution in [0.3, 0.4) is 0 Å². The third kappa shape index (κ3) is 1.55. The van der Waals surface area contributed by atoms with Crippen molar-refractivity contribution >= 4 is 11.6 Å². The summed E-state index contributed by atoms with van der Waals surface area (Å²) in [7, 11) is 0. The van der Waals surface area contributed by atoms with E-state index in [0.717, 1.165) is 11.8 Å². The number of amides is 1. The third-order valence-electron chi connectivity index (χ3n) is 7.93. The predicted molar refractivity (Wildman–Crippen MR) is 96.1 cm³/mol. The lowest BCUT2D eigenvalue weighted by atomic mass is 9.54. The number of carbonyl (C=O) groups is 1. The molecule has 5 rings (SSSR count). The minimum Gasteiger partial charge on any atom is -0.308 e. The monoisotopic (exact) mass is 324 g/mol. The second-order valence-electron chi connectivity index (χ2n) is 8.58. The summed E-state index contributed by atoms with van der Waals surface area (Å²) >= 11 is 0. The smallest absolute Gasteiger partial charge is 0.224 e. The van der Waals surface area contributed by atoms with Gasteiger partial charge >= 0.3 is 0 Å². The van der Waals surface area contributed by atoms with Crippen molar-refractivity contribution in [2.24, 2.45) is 17.8 Å². The van der Waals surface area contributed by atoms with Gasteiger partial charge in [0, 0.05) is 30.6 Å². The molecule has 24 heavy (non-hydrogen) atoms. The molecular formula is C21H28N2O. The first-order chi connectivity index (χ1) is 11.6. The summed E-state index contributed by atoms with van der Waals surface area (Å²) in [6.45, 7) is 9.02. The van der Waals surface area contributed by atoms with Crippen molar-refractivity contribution in [2.75, 3.05) is 18.0 Å². The number of piperidine rings is 1. The highest BCUT2D eigenvalue weighted by Crippen LogP contribution is 2.63. The molecule has 1 aromatic carbocycles. The summed E-state index contributed by atoms with van der Waals surface area (Å²) in [4.78, 5) is 17.6. The normalized spacial score (nSPS) is 42.8. The molecule has 0 radical (unpaired) electrons.